The van der Waals surface area contributed by atoms with Crippen molar-refractivity contribution in [2.75, 3.05) is 25.1 Å². The minimum atomic E-state index is -0.413. The van der Waals surface area contributed by atoms with Crippen molar-refractivity contribution in [2.45, 2.75) is 33.2 Å². The van der Waals surface area contributed by atoms with Gasteiger partial charge in [-0.05, 0) is 32.4 Å². The van der Waals surface area contributed by atoms with Gasteiger partial charge in [-0.25, -0.2) is 4.39 Å². The van der Waals surface area contributed by atoms with Gasteiger partial charge in [-0.1, -0.05) is 13.0 Å². The van der Waals surface area contributed by atoms with Crippen LogP contribution in [0.4, 0.5) is 10.1 Å². The molecule has 1 amide bonds. The molecule has 0 aliphatic carbocycles. The summed E-state index contributed by atoms with van der Waals surface area (Å²) >= 11 is 0. The molecule has 1 aromatic rings. The van der Waals surface area contributed by atoms with E-state index in [1.165, 1.54) is 12.1 Å². The molecule has 0 aliphatic rings. The van der Waals surface area contributed by atoms with E-state index in [4.69, 9.17) is 4.74 Å². The van der Waals surface area contributed by atoms with Gasteiger partial charge in [0.25, 0.3) is 5.91 Å². The van der Waals surface area contributed by atoms with E-state index in [-0.39, 0.29) is 17.6 Å². The van der Waals surface area contributed by atoms with Crippen LogP contribution >= 0.6 is 0 Å². The van der Waals surface area contributed by atoms with Gasteiger partial charge in [-0.15, -0.1) is 0 Å². The fourth-order valence-electron chi connectivity index (χ4n) is 1.78. The summed E-state index contributed by atoms with van der Waals surface area (Å²) in [6, 6.07) is 4.38. The third-order valence-electron chi connectivity index (χ3n) is 2.76. The summed E-state index contributed by atoms with van der Waals surface area (Å²) in [7, 11) is 0. The summed E-state index contributed by atoms with van der Waals surface area (Å²) in [6.07, 6.45) is 0.857. The van der Waals surface area contributed by atoms with Gasteiger partial charge in [0, 0.05) is 19.2 Å². The lowest BCUT2D eigenvalue weighted by molar-refractivity contribution is 0.0872. The molecule has 1 atom stereocenters. The fourth-order valence-corrected chi connectivity index (χ4v) is 1.78. The maximum absolute atomic E-state index is 13.8. The van der Waals surface area contributed by atoms with E-state index >= 15 is 0 Å². The van der Waals surface area contributed by atoms with Crippen LogP contribution in [0.1, 0.15) is 37.6 Å². The molecule has 4 nitrogen and oxygen atoms in total. The van der Waals surface area contributed by atoms with Crippen molar-refractivity contribution in [1.82, 2.24) is 5.32 Å². The highest BCUT2D eigenvalue weighted by Gasteiger charge is 2.16. The number of anilines is 1. The van der Waals surface area contributed by atoms with Gasteiger partial charge in [0.15, 0.2) is 0 Å². The first-order valence-electron chi connectivity index (χ1n) is 7.01. The van der Waals surface area contributed by atoms with Crippen molar-refractivity contribution >= 4 is 11.6 Å². The van der Waals surface area contributed by atoms with E-state index in [1.54, 1.807) is 6.07 Å². The molecule has 0 bridgehead atoms. The first-order valence-corrected chi connectivity index (χ1v) is 7.01. The zero-order valence-corrected chi connectivity index (χ0v) is 12.3. The Morgan fingerprint density at radius 2 is 2.15 bits per heavy atom. The maximum atomic E-state index is 13.8. The van der Waals surface area contributed by atoms with Gasteiger partial charge < -0.3 is 15.4 Å². The Hall–Kier alpha value is -1.62. The monoisotopic (exact) mass is 282 g/mol. The topological polar surface area (TPSA) is 50.4 Å². The number of benzene rings is 1. The summed E-state index contributed by atoms with van der Waals surface area (Å²) in [5.41, 5.74) is 0.581. The number of para-hydroxylation sites is 1. The number of carbonyl (C=O) groups is 1. The predicted molar refractivity (Wildman–Crippen MR) is 78.6 cm³/mol. The van der Waals surface area contributed by atoms with Crippen LogP contribution in [0.5, 0.6) is 0 Å². The van der Waals surface area contributed by atoms with Crippen molar-refractivity contribution in [3.05, 3.63) is 29.6 Å². The number of ether oxygens (including phenoxy) is 1. The average molecular weight is 282 g/mol. The Morgan fingerprint density at radius 3 is 2.80 bits per heavy atom. The van der Waals surface area contributed by atoms with E-state index in [2.05, 4.69) is 10.6 Å². The number of halogens is 1. The zero-order valence-electron chi connectivity index (χ0n) is 12.3. The Morgan fingerprint density at radius 1 is 1.40 bits per heavy atom. The Labute approximate surface area is 119 Å². The average Bonchev–Trinajstić information content (AvgIpc) is 2.43. The van der Waals surface area contributed by atoms with E-state index in [9.17, 15) is 9.18 Å². The molecule has 0 radical (unpaired) electrons. The van der Waals surface area contributed by atoms with Gasteiger partial charge in [0.2, 0.25) is 0 Å². The Balaban J connectivity index is 2.78. The van der Waals surface area contributed by atoms with Crippen molar-refractivity contribution < 1.29 is 13.9 Å². The van der Waals surface area contributed by atoms with E-state index < -0.39 is 5.82 Å². The number of carbonyl (C=O) groups excluding carboxylic acids is 1. The van der Waals surface area contributed by atoms with Crippen LogP contribution < -0.4 is 10.6 Å². The maximum Gasteiger partial charge on any atom is 0.253 e. The number of hydrogen-bond acceptors (Lipinski definition) is 3. The zero-order chi connectivity index (χ0) is 15.0. The van der Waals surface area contributed by atoms with Gasteiger partial charge in [0.1, 0.15) is 5.82 Å². The first kappa shape index (κ1) is 16.4. The third-order valence-corrected chi connectivity index (χ3v) is 2.76. The second kappa shape index (κ2) is 8.53. The highest BCUT2D eigenvalue weighted by atomic mass is 19.1. The molecule has 2 N–H and O–H groups in total. The smallest absolute Gasteiger partial charge is 0.253 e. The highest BCUT2D eigenvalue weighted by molar-refractivity contribution is 5.99. The molecule has 112 valence electrons. The van der Waals surface area contributed by atoms with Crippen LogP contribution in [0.3, 0.4) is 0 Å². The summed E-state index contributed by atoms with van der Waals surface area (Å²) < 4.78 is 19.1. The summed E-state index contributed by atoms with van der Waals surface area (Å²) in [6.45, 7) is 7.39. The molecular weight excluding hydrogens is 259 g/mol. The van der Waals surface area contributed by atoms with Crippen LogP contribution in [0.25, 0.3) is 0 Å². The van der Waals surface area contributed by atoms with Gasteiger partial charge >= 0.3 is 0 Å². The molecule has 0 fully saturated rings. The lowest BCUT2D eigenvalue weighted by atomic mass is 10.1. The second-order valence-corrected chi connectivity index (χ2v) is 4.62. The minimum absolute atomic E-state index is 0.121. The molecule has 0 saturated carbocycles. The van der Waals surface area contributed by atoms with Crippen LogP contribution in [-0.2, 0) is 4.74 Å². The molecule has 0 saturated heterocycles. The van der Waals surface area contributed by atoms with Crippen LogP contribution in [0.15, 0.2) is 18.2 Å². The van der Waals surface area contributed by atoms with Gasteiger partial charge in [-0.2, -0.15) is 0 Å². The first-order chi connectivity index (χ1) is 9.60. The molecule has 20 heavy (non-hydrogen) atoms. The molecular formula is C15H23FN2O2. The Bertz CT molecular complexity index is 438. The van der Waals surface area contributed by atoms with Crippen LogP contribution in [0, 0.1) is 5.82 Å². The lowest BCUT2D eigenvalue weighted by Crippen LogP contribution is -2.36. The van der Waals surface area contributed by atoms with Gasteiger partial charge in [0.05, 0.1) is 17.9 Å². The molecule has 0 aromatic heterocycles. The summed E-state index contributed by atoms with van der Waals surface area (Å²) in [5.74, 6) is -0.709. The summed E-state index contributed by atoms with van der Waals surface area (Å²) in [4.78, 5) is 12.2. The van der Waals surface area contributed by atoms with Crippen molar-refractivity contribution in [2.24, 2.45) is 0 Å². The number of rotatable bonds is 8. The third kappa shape index (κ3) is 4.81. The van der Waals surface area contributed by atoms with Crippen molar-refractivity contribution in [3.8, 4) is 0 Å². The quantitative estimate of drug-likeness (QED) is 0.771. The molecule has 0 aliphatic heterocycles. The highest BCUT2D eigenvalue weighted by Crippen LogP contribution is 2.20. The summed E-state index contributed by atoms with van der Waals surface area (Å²) in [5, 5.41) is 5.77. The number of amides is 1. The molecule has 1 aromatic carbocycles. The standard InChI is InChI=1S/C15H23FN2O2/c1-4-9-17-14-12(7-6-8-13(14)16)15(19)18-11(3)10-20-5-2/h6-8,11,17H,4-5,9-10H2,1-3H3,(H,18,19). The molecule has 0 heterocycles. The lowest BCUT2D eigenvalue weighted by Gasteiger charge is -2.16. The Kier molecular flexibility index (Phi) is 7.01. The second-order valence-electron chi connectivity index (χ2n) is 4.62. The largest absolute Gasteiger partial charge is 0.382 e. The van der Waals surface area contributed by atoms with E-state index in [1.807, 2.05) is 20.8 Å². The molecule has 1 rings (SSSR count). The molecule has 5 heteroatoms. The molecule has 1 unspecified atom stereocenters. The van der Waals surface area contributed by atoms with E-state index in [0.717, 1.165) is 6.42 Å². The molecule has 0 spiro atoms. The normalized spacial score (nSPS) is 12.0. The minimum Gasteiger partial charge on any atom is -0.382 e. The van der Waals surface area contributed by atoms with E-state index in [0.29, 0.717) is 25.3 Å². The van der Waals surface area contributed by atoms with Gasteiger partial charge in [-0.3, -0.25) is 4.79 Å². The SMILES string of the molecule is CCCNc1c(F)cccc1C(=O)NC(C)COCC. The number of hydrogen-bond donors (Lipinski definition) is 2. The van der Waals surface area contributed by atoms with Crippen molar-refractivity contribution in [1.29, 1.82) is 0 Å². The van der Waals surface area contributed by atoms with Crippen LogP contribution in [-0.4, -0.2) is 31.7 Å². The number of nitrogens with one attached hydrogen (secondary N) is 2. The predicted octanol–water partition coefficient (Wildman–Crippen LogP) is 2.80. The van der Waals surface area contributed by atoms with Crippen molar-refractivity contribution in [3.63, 3.8) is 0 Å². The van der Waals surface area contributed by atoms with Crippen LogP contribution in [0.2, 0.25) is 0 Å². The fraction of sp³-hybridized carbons (Fsp3) is 0.533.